The van der Waals surface area contributed by atoms with E-state index in [1.54, 1.807) is 6.07 Å². The molecular formula is C18H26N4O4S. The van der Waals surface area contributed by atoms with Crippen LogP contribution in [0.25, 0.3) is 0 Å². The van der Waals surface area contributed by atoms with Crippen molar-refractivity contribution in [2.45, 2.75) is 25.7 Å². The fraction of sp³-hybridized carbons (Fsp3) is 0.556. The maximum atomic E-state index is 12.7. The Morgan fingerprint density at radius 1 is 1.26 bits per heavy atom. The van der Waals surface area contributed by atoms with Crippen LogP contribution in [0.15, 0.2) is 18.2 Å². The highest BCUT2D eigenvalue weighted by Gasteiger charge is 2.28. The highest BCUT2D eigenvalue weighted by molar-refractivity contribution is 7.92. The maximum absolute atomic E-state index is 12.7. The van der Waals surface area contributed by atoms with Crippen LogP contribution in [-0.2, 0) is 26.0 Å². The Hall–Kier alpha value is -2.13. The van der Waals surface area contributed by atoms with E-state index in [2.05, 4.69) is 5.32 Å². The normalized spacial score (nSPS) is 20.8. The minimum Gasteiger partial charge on any atom is -0.369 e. The van der Waals surface area contributed by atoms with Crippen LogP contribution in [0.1, 0.15) is 24.8 Å². The van der Waals surface area contributed by atoms with E-state index in [1.165, 1.54) is 10.6 Å². The van der Waals surface area contributed by atoms with E-state index in [9.17, 15) is 18.0 Å². The van der Waals surface area contributed by atoms with Gasteiger partial charge in [-0.1, -0.05) is 6.07 Å². The molecule has 2 aliphatic rings. The number of carbonyl (C=O) groups excluding carboxylic acids is 2. The zero-order valence-corrected chi connectivity index (χ0v) is 16.3. The van der Waals surface area contributed by atoms with Crippen LogP contribution in [0, 0.1) is 5.92 Å². The molecule has 1 saturated heterocycles. The molecule has 3 rings (SSSR count). The predicted molar refractivity (Wildman–Crippen MR) is 104 cm³/mol. The van der Waals surface area contributed by atoms with Gasteiger partial charge in [-0.2, -0.15) is 0 Å². The summed E-state index contributed by atoms with van der Waals surface area (Å²) in [7, 11) is -3.35. The zero-order valence-electron chi connectivity index (χ0n) is 15.5. The number of primary amides is 1. The molecule has 1 aromatic carbocycles. The number of hydrogen-bond acceptors (Lipinski definition) is 5. The first-order valence-electron chi connectivity index (χ1n) is 9.16. The third kappa shape index (κ3) is 4.78. The van der Waals surface area contributed by atoms with Crippen molar-refractivity contribution in [2.24, 2.45) is 11.7 Å². The van der Waals surface area contributed by atoms with E-state index in [1.807, 2.05) is 17.0 Å². The molecule has 3 N–H and O–H groups in total. The molecule has 8 nitrogen and oxygen atoms in total. The van der Waals surface area contributed by atoms with Gasteiger partial charge in [0.1, 0.15) is 0 Å². The van der Waals surface area contributed by atoms with Gasteiger partial charge in [0.05, 0.1) is 24.4 Å². The number of amides is 2. The smallest absolute Gasteiger partial charge is 0.232 e. The summed E-state index contributed by atoms with van der Waals surface area (Å²) in [6, 6.07) is 5.42. The van der Waals surface area contributed by atoms with Crippen LogP contribution in [0.5, 0.6) is 0 Å². The minimum atomic E-state index is -3.35. The van der Waals surface area contributed by atoms with Crippen LogP contribution < -0.4 is 15.4 Å². The number of anilines is 2. The Bertz CT molecular complexity index is 840. The van der Waals surface area contributed by atoms with Gasteiger partial charge in [-0.15, -0.1) is 0 Å². The van der Waals surface area contributed by atoms with E-state index in [4.69, 9.17) is 5.73 Å². The third-order valence-electron chi connectivity index (χ3n) is 5.08. The van der Waals surface area contributed by atoms with Gasteiger partial charge in [-0.25, -0.2) is 8.42 Å². The average Bonchev–Trinajstić information content (AvgIpc) is 2.60. The molecule has 0 aromatic heterocycles. The molecule has 0 bridgehead atoms. The maximum Gasteiger partial charge on any atom is 0.232 e. The Morgan fingerprint density at radius 2 is 2.04 bits per heavy atom. The highest BCUT2D eigenvalue weighted by Crippen LogP contribution is 2.32. The van der Waals surface area contributed by atoms with Gasteiger partial charge in [0.15, 0.2) is 0 Å². The number of nitrogens with two attached hydrogens (primary N) is 1. The van der Waals surface area contributed by atoms with E-state index >= 15 is 0 Å². The Labute approximate surface area is 159 Å². The molecule has 1 fully saturated rings. The first-order valence-corrected chi connectivity index (χ1v) is 11.0. The number of nitrogens with one attached hydrogen (secondary N) is 1. The lowest BCUT2D eigenvalue weighted by Gasteiger charge is -2.31. The van der Waals surface area contributed by atoms with Crippen molar-refractivity contribution in [3.63, 3.8) is 0 Å². The van der Waals surface area contributed by atoms with Crippen molar-refractivity contribution in [2.75, 3.05) is 42.1 Å². The van der Waals surface area contributed by atoms with Crippen LogP contribution in [-0.4, -0.2) is 57.6 Å². The van der Waals surface area contributed by atoms with E-state index in [0.717, 1.165) is 37.8 Å². The van der Waals surface area contributed by atoms with Crippen LogP contribution in [0.2, 0.25) is 0 Å². The summed E-state index contributed by atoms with van der Waals surface area (Å²) in [4.78, 5) is 25.7. The molecule has 2 aliphatic heterocycles. The van der Waals surface area contributed by atoms with Crippen LogP contribution in [0.4, 0.5) is 11.4 Å². The predicted octanol–water partition coefficient (Wildman–Crippen LogP) is 0.535. The molecule has 0 unspecified atom stereocenters. The van der Waals surface area contributed by atoms with Gasteiger partial charge >= 0.3 is 0 Å². The summed E-state index contributed by atoms with van der Waals surface area (Å²) in [5.41, 5.74) is 7.44. The fourth-order valence-electron chi connectivity index (χ4n) is 3.84. The number of benzene rings is 1. The fourth-order valence-corrected chi connectivity index (χ4v) is 4.83. The molecule has 0 radical (unpaired) electrons. The summed E-state index contributed by atoms with van der Waals surface area (Å²) >= 11 is 0. The molecule has 0 aliphatic carbocycles. The highest BCUT2D eigenvalue weighted by atomic mass is 32.2. The molecule has 0 spiro atoms. The lowest BCUT2D eigenvalue weighted by Crippen LogP contribution is -2.44. The molecule has 0 saturated carbocycles. The van der Waals surface area contributed by atoms with Crippen molar-refractivity contribution < 1.29 is 18.0 Å². The lowest BCUT2D eigenvalue weighted by molar-refractivity contribution is -0.124. The average molecular weight is 394 g/mol. The Balaban J connectivity index is 1.72. The number of sulfonamides is 1. The van der Waals surface area contributed by atoms with E-state index < -0.39 is 15.9 Å². The van der Waals surface area contributed by atoms with Crippen molar-refractivity contribution >= 4 is 33.2 Å². The standard InChI is InChI=1S/C18H26N4O4S/c1-27(25,26)22-9-3-4-13-6-7-15(10-16(13)22)20-18(24)14-5-2-8-21(11-14)12-17(19)23/h6-7,10,14H,2-5,8-9,11-12H2,1H3,(H2,19,23)(H,20,24)/t14-/m1/s1. The largest absolute Gasteiger partial charge is 0.369 e. The van der Waals surface area contributed by atoms with Crippen LogP contribution >= 0.6 is 0 Å². The number of nitrogens with zero attached hydrogens (tertiary/aromatic N) is 2. The quantitative estimate of drug-likeness (QED) is 0.757. The van der Waals surface area contributed by atoms with Gasteiger partial charge in [0, 0.05) is 18.8 Å². The Kier molecular flexibility index (Phi) is 5.71. The first kappa shape index (κ1) is 19.6. The molecule has 148 valence electrons. The lowest BCUT2D eigenvalue weighted by atomic mass is 9.96. The molecular weight excluding hydrogens is 368 g/mol. The summed E-state index contributed by atoms with van der Waals surface area (Å²) in [5.74, 6) is -0.738. The third-order valence-corrected chi connectivity index (χ3v) is 6.26. The van der Waals surface area contributed by atoms with Crippen LogP contribution in [0.3, 0.4) is 0 Å². The van der Waals surface area contributed by atoms with E-state index in [-0.39, 0.29) is 18.4 Å². The van der Waals surface area contributed by atoms with Gasteiger partial charge < -0.3 is 11.1 Å². The number of carbonyl (C=O) groups is 2. The molecule has 1 aromatic rings. The summed E-state index contributed by atoms with van der Waals surface area (Å²) in [5, 5.41) is 2.90. The van der Waals surface area contributed by atoms with Crippen molar-refractivity contribution in [3.05, 3.63) is 23.8 Å². The van der Waals surface area contributed by atoms with Crippen molar-refractivity contribution in [1.29, 1.82) is 0 Å². The van der Waals surface area contributed by atoms with Gasteiger partial charge in [0.2, 0.25) is 21.8 Å². The minimum absolute atomic E-state index is 0.120. The van der Waals surface area contributed by atoms with Crippen molar-refractivity contribution in [3.8, 4) is 0 Å². The van der Waals surface area contributed by atoms with Gasteiger partial charge in [-0.3, -0.25) is 18.8 Å². The Morgan fingerprint density at radius 3 is 2.74 bits per heavy atom. The molecule has 27 heavy (non-hydrogen) atoms. The second-order valence-corrected chi connectivity index (χ2v) is 9.22. The molecule has 1 atom stereocenters. The zero-order chi connectivity index (χ0) is 19.6. The number of piperidine rings is 1. The van der Waals surface area contributed by atoms with E-state index in [0.29, 0.717) is 24.5 Å². The number of likely N-dealkylation sites (tertiary alicyclic amines) is 1. The molecule has 2 amide bonds. The molecule has 2 heterocycles. The second kappa shape index (κ2) is 7.85. The number of fused-ring (bicyclic) bond motifs is 1. The second-order valence-electron chi connectivity index (χ2n) is 7.31. The summed E-state index contributed by atoms with van der Waals surface area (Å²) in [6.07, 6.45) is 4.38. The summed E-state index contributed by atoms with van der Waals surface area (Å²) in [6.45, 7) is 1.87. The van der Waals surface area contributed by atoms with Gasteiger partial charge in [0.25, 0.3) is 0 Å². The van der Waals surface area contributed by atoms with Crippen molar-refractivity contribution in [1.82, 2.24) is 4.90 Å². The van der Waals surface area contributed by atoms with Gasteiger partial charge in [-0.05, 0) is 49.9 Å². The summed E-state index contributed by atoms with van der Waals surface area (Å²) < 4.78 is 25.5. The monoisotopic (exact) mass is 394 g/mol. The number of rotatable bonds is 5. The molecule has 9 heteroatoms. The number of hydrogen-bond donors (Lipinski definition) is 2. The topological polar surface area (TPSA) is 113 Å². The SMILES string of the molecule is CS(=O)(=O)N1CCCc2ccc(NC(=O)[C@@H]3CCCN(CC(N)=O)C3)cc21. The number of aryl methyl sites for hydroxylation is 1. The first-order chi connectivity index (χ1) is 12.7.